The van der Waals surface area contributed by atoms with E-state index in [1.165, 1.54) is 0 Å². The van der Waals surface area contributed by atoms with Gasteiger partial charge in [-0.2, -0.15) is 12.9 Å². The Bertz CT molecular complexity index is 2040. The molecule has 292 valence electrons. The summed E-state index contributed by atoms with van der Waals surface area (Å²) < 4.78 is 83.4. The average Bonchev–Trinajstić information content (AvgIpc) is 3.80. The number of aliphatic hydroxyl groups excluding tert-OH is 4. The van der Waals surface area contributed by atoms with Crippen molar-refractivity contribution < 1.29 is 89.7 Å². The van der Waals surface area contributed by atoms with Gasteiger partial charge in [0.25, 0.3) is 0 Å². The van der Waals surface area contributed by atoms with Gasteiger partial charge in [0, 0.05) is 0 Å². The lowest BCUT2D eigenvalue weighted by Crippen LogP contribution is -2.33. The molecule has 2 saturated heterocycles. The fourth-order valence-corrected chi connectivity index (χ4v) is 10.1. The van der Waals surface area contributed by atoms with Gasteiger partial charge in [-0.3, -0.25) is 18.2 Å². The summed E-state index contributed by atoms with van der Waals surface area (Å²) in [7, 11) is -23.9. The second-order valence-electron chi connectivity index (χ2n) is 11.0. The lowest BCUT2D eigenvalue weighted by molar-refractivity contribution is -0.0505. The zero-order chi connectivity index (χ0) is 38.7. The van der Waals surface area contributed by atoms with Crippen molar-refractivity contribution in [2.45, 2.75) is 49.1 Å². The molecule has 2 fully saturated rings. The van der Waals surface area contributed by atoms with E-state index in [2.05, 4.69) is 51.9 Å². The Labute approximate surface area is 293 Å². The molecule has 29 nitrogen and oxygen atoms in total. The Morgan fingerprint density at radius 2 is 0.943 bits per heavy atom. The molecule has 0 spiro atoms. The molecule has 0 saturated carbocycles. The number of hydrogen-bond acceptors (Lipinski definition) is 23. The van der Waals surface area contributed by atoms with Gasteiger partial charge in [-0.25, -0.2) is 48.2 Å². The fourth-order valence-electron chi connectivity index (χ4n) is 5.11. The summed E-state index contributed by atoms with van der Waals surface area (Å²) in [5.41, 5.74) is 11.9. The molecule has 2 aliphatic heterocycles. The van der Waals surface area contributed by atoms with Crippen molar-refractivity contribution in [1.29, 1.82) is 0 Å². The first kappa shape index (κ1) is 39.7. The van der Waals surface area contributed by atoms with Gasteiger partial charge >= 0.3 is 31.3 Å². The van der Waals surface area contributed by atoms with E-state index in [1.807, 2.05) is 0 Å². The number of phosphoric ester groups is 2. The number of fused-ring (bicyclic) bond motifs is 2. The number of hydrogen-bond donors (Lipinski definition) is 10. The van der Waals surface area contributed by atoms with Crippen LogP contribution in [0.1, 0.15) is 12.5 Å². The summed E-state index contributed by atoms with van der Waals surface area (Å²) in [6.45, 7) is -2.22. The van der Waals surface area contributed by atoms with Crippen molar-refractivity contribution in [2.24, 2.45) is 0 Å². The molecule has 0 bridgehead atoms. The van der Waals surface area contributed by atoms with E-state index in [-0.39, 0.29) is 34.0 Å². The fraction of sp³-hybridized carbons (Fsp3) is 0.500. The standard InChI is InChI=1S/C20H28N10O19P4/c21-15-9-17(25-3-23-15)29(5-27-9)19-13(33)11(31)7(45-19)1-43-50(35,36)47-52(39,40)49-53(41,42)48-51(37,38)44-2-8-12(32)14(34)20(46-8)30-6-28-10-16(22)24-4-26-18(10)30/h3-8,11-14,19-20,31-34H,1-2H2,(H,35,36)(H,37,38)(H,39,40)(H,41,42)(H2,21,23,25)(H2,22,24,26)/t7-,8-,11?,12?,13+,14?,19-,20-/m1/s1. The molecule has 6 rings (SSSR count). The van der Waals surface area contributed by atoms with Crippen LogP contribution in [0.5, 0.6) is 0 Å². The van der Waals surface area contributed by atoms with Crippen molar-refractivity contribution in [3.05, 3.63) is 25.3 Å². The number of anilines is 2. The van der Waals surface area contributed by atoms with Gasteiger partial charge in [0.05, 0.1) is 25.9 Å². The van der Waals surface area contributed by atoms with Crippen LogP contribution in [-0.2, 0) is 49.7 Å². The van der Waals surface area contributed by atoms with Crippen molar-refractivity contribution in [3.63, 3.8) is 0 Å². The highest BCUT2D eigenvalue weighted by molar-refractivity contribution is 7.69. The number of aliphatic hydroxyl groups is 4. The second kappa shape index (κ2) is 14.6. The molecule has 33 heteroatoms. The van der Waals surface area contributed by atoms with Crippen LogP contribution in [0.2, 0.25) is 0 Å². The van der Waals surface area contributed by atoms with Gasteiger partial charge in [-0.1, -0.05) is 0 Å². The van der Waals surface area contributed by atoms with Gasteiger partial charge < -0.3 is 60.9 Å². The molecule has 7 unspecified atom stereocenters. The highest BCUT2D eigenvalue weighted by atomic mass is 31.3. The maximum atomic E-state index is 12.4. The minimum atomic E-state index is -6.19. The Morgan fingerprint density at radius 3 is 1.32 bits per heavy atom. The van der Waals surface area contributed by atoms with Crippen LogP contribution >= 0.6 is 31.3 Å². The number of nitrogens with two attached hydrogens (primary N) is 2. The largest absolute Gasteiger partial charge is 0.490 e. The molecule has 0 aliphatic carbocycles. The normalized spacial score (nSPS) is 30.9. The Kier molecular flexibility index (Phi) is 10.9. The summed E-state index contributed by atoms with van der Waals surface area (Å²) in [4.78, 5) is 63.0. The minimum Gasteiger partial charge on any atom is -0.387 e. The predicted octanol–water partition coefficient (Wildman–Crippen LogP) is -2.45. The van der Waals surface area contributed by atoms with Crippen LogP contribution in [-0.4, -0.2) is 129 Å². The molecule has 4 aromatic rings. The molecule has 53 heavy (non-hydrogen) atoms. The predicted molar refractivity (Wildman–Crippen MR) is 166 cm³/mol. The summed E-state index contributed by atoms with van der Waals surface area (Å²) >= 11 is 0. The number of rotatable bonds is 14. The zero-order valence-electron chi connectivity index (χ0n) is 25.9. The molecule has 0 radical (unpaired) electrons. The van der Waals surface area contributed by atoms with E-state index < -0.39 is 93.6 Å². The number of aromatic nitrogens is 8. The lowest BCUT2D eigenvalue weighted by atomic mass is 10.1. The lowest BCUT2D eigenvalue weighted by Gasteiger charge is -2.21. The average molecular weight is 836 g/mol. The number of phosphoric acid groups is 4. The van der Waals surface area contributed by atoms with Crippen LogP contribution in [0.3, 0.4) is 0 Å². The summed E-state index contributed by atoms with van der Waals surface area (Å²) in [6, 6.07) is 0. The number of nitrogen functional groups attached to an aromatic ring is 2. The number of imidazole rings is 2. The van der Waals surface area contributed by atoms with E-state index >= 15 is 0 Å². The third-order valence-corrected chi connectivity index (χ3v) is 13.3. The van der Waals surface area contributed by atoms with E-state index in [0.29, 0.717) is 0 Å². The van der Waals surface area contributed by atoms with Gasteiger partial charge in [0.1, 0.15) is 60.3 Å². The van der Waals surface area contributed by atoms with Crippen LogP contribution in [0, 0.1) is 0 Å². The number of nitrogens with zero attached hydrogens (tertiary/aromatic N) is 8. The van der Waals surface area contributed by atoms with Gasteiger partial charge in [-0.05, 0) is 0 Å². The molecule has 4 aromatic heterocycles. The second-order valence-corrected chi connectivity index (χ2v) is 17.2. The molecule has 0 aromatic carbocycles. The molecule has 12 N–H and O–H groups in total. The topological polar surface area (TPSA) is 434 Å². The van der Waals surface area contributed by atoms with E-state index in [4.69, 9.17) is 20.9 Å². The smallest absolute Gasteiger partial charge is 0.387 e. The van der Waals surface area contributed by atoms with Crippen LogP contribution in [0.4, 0.5) is 11.6 Å². The molecule has 6 heterocycles. The zero-order valence-corrected chi connectivity index (χ0v) is 29.5. The maximum absolute atomic E-state index is 12.4. The molecular weight excluding hydrogens is 808 g/mol. The van der Waals surface area contributed by atoms with Crippen LogP contribution in [0.25, 0.3) is 22.3 Å². The molecule has 2 aliphatic rings. The Hall–Kier alpha value is -2.98. The first-order valence-corrected chi connectivity index (χ1v) is 20.3. The number of ether oxygens (including phenoxy) is 2. The Morgan fingerprint density at radius 1 is 0.585 bits per heavy atom. The quantitative estimate of drug-likeness (QED) is 0.0589. The van der Waals surface area contributed by atoms with Crippen LogP contribution < -0.4 is 11.5 Å². The highest BCUT2D eigenvalue weighted by Gasteiger charge is 2.50. The monoisotopic (exact) mass is 836 g/mol. The van der Waals surface area contributed by atoms with Crippen molar-refractivity contribution >= 4 is 65.3 Å². The van der Waals surface area contributed by atoms with E-state index in [1.54, 1.807) is 0 Å². The maximum Gasteiger partial charge on any atom is 0.490 e. The Balaban J connectivity index is 1.01. The third-order valence-electron chi connectivity index (χ3n) is 7.42. The summed E-state index contributed by atoms with van der Waals surface area (Å²) in [5.74, 6) is -0.0284. The van der Waals surface area contributed by atoms with Crippen molar-refractivity contribution in [2.75, 3.05) is 24.7 Å². The van der Waals surface area contributed by atoms with Gasteiger partial charge in [0.2, 0.25) is 0 Å². The first-order valence-electron chi connectivity index (χ1n) is 14.3. The summed E-state index contributed by atoms with van der Waals surface area (Å²) in [6.07, 6.45) is -8.58. The van der Waals surface area contributed by atoms with Crippen molar-refractivity contribution in [1.82, 2.24) is 39.0 Å². The van der Waals surface area contributed by atoms with Gasteiger partial charge in [0.15, 0.2) is 35.4 Å². The molecule has 12 atom stereocenters. The SMILES string of the molecule is Nc1ncnc2c1ncn2[C@@H]1O[C@H](COP(=O)(O)OP(=O)(O)OP(=O)(O)OP(=O)(O)OC[C@H]2O[C@@H](n3cnc4c(N)ncnc43)[C@@H](O)C2O)C(O)C1O. The highest BCUT2D eigenvalue weighted by Crippen LogP contribution is 2.71. The van der Waals surface area contributed by atoms with Crippen molar-refractivity contribution in [3.8, 4) is 0 Å². The van der Waals surface area contributed by atoms with E-state index in [0.717, 1.165) is 34.4 Å². The van der Waals surface area contributed by atoms with Gasteiger partial charge in [-0.15, -0.1) is 0 Å². The molecular formula is C20H28N10O19P4. The van der Waals surface area contributed by atoms with E-state index in [9.17, 15) is 58.3 Å². The minimum absolute atomic E-state index is 0.0142. The summed E-state index contributed by atoms with van der Waals surface area (Å²) in [5, 5.41) is 41.8. The third kappa shape index (κ3) is 8.48. The molecule has 0 amide bonds. The first-order chi connectivity index (χ1) is 24.7. The van der Waals surface area contributed by atoms with Crippen LogP contribution in [0.15, 0.2) is 25.3 Å².